The van der Waals surface area contributed by atoms with Gasteiger partial charge in [-0.25, -0.2) is 0 Å². The standard InChI is InChI=1S/C15H24N2O2/c1-4-13(16)11-7-8-17(10-11)12-5-6-14(18-2)15(9-12)19-3/h5-6,9,11,13H,4,7-8,10,16H2,1-3H3. The molecule has 0 saturated carbocycles. The largest absolute Gasteiger partial charge is 0.493 e. The number of rotatable bonds is 5. The Kier molecular flexibility index (Phi) is 4.53. The second-order valence-electron chi connectivity index (χ2n) is 5.11. The summed E-state index contributed by atoms with van der Waals surface area (Å²) >= 11 is 0. The molecule has 2 unspecified atom stereocenters. The summed E-state index contributed by atoms with van der Waals surface area (Å²) < 4.78 is 10.6. The van der Waals surface area contributed by atoms with Crippen molar-refractivity contribution in [1.82, 2.24) is 0 Å². The molecule has 1 aromatic carbocycles. The molecule has 4 heteroatoms. The summed E-state index contributed by atoms with van der Waals surface area (Å²) in [6, 6.07) is 6.39. The molecule has 0 radical (unpaired) electrons. The Bertz CT molecular complexity index is 423. The molecule has 1 heterocycles. The van der Waals surface area contributed by atoms with Crippen molar-refractivity contribution < 1.29 is 9.47 Å². The molecule has 106 valence electrons. The van der Waals surface area contributed by atoms with E-state index in [0.717, 1.165) is 31.0 Å². The molecule has 19 heavy (non-hydrogen) atoms. The van der Waals surface area contributed by atoms with Crippen LogP contribution in [-0.2, 0) is 0 Å². The van der Waals surface area contributed by atoms with E-state index in [1.165, 1.54) is 12.1 Å². The van der Waals surface area contributed by atoms with Gasteiger partial charge in [-0.1, -0.05) is 6.92 Å². The Morgan fingerprint density at radius 1 is 1.32 bits per heavy atom. The molecule has 2 atom stereocenters. The second-order valence-corrected chi connectivity index (χ2v) is 5.11. The molecule has 4 nitrogen and oxygen atoms in total. The van der Waals surface area contributed by atoms with Crippen LogP contribution in [0.15, 0.2) is 18.2 Å². The molecule has 0 spiro atoms. The van der Waals surface area contributed by atoms with Crippen LogP contribution >= 0.6 is 0 Å². The molecular weight excluding hydrogens is 240 g/mol. The Hall–Kier alpha value is -1.42. The van der Waals surface area contributed by atoms with Gasteiger partial charge < -0.3 is 20.1 Å². The first kappa shape index (κ1) is 14.0. The smallest absolute Gasteiger partial charge is 0.162 e. The summed E-state index contributed by atoms with van der Waals surface area (Å²) in [6.07, 6.45) is 2.22. The minimum Gasteiger partial charge on any atom is -0.493 e. The van der Waals surface area contributed by atoms with Gasteiger partial charge in [0.25, 0.3) is 0 Å². The van der Waals surface area contributed by atoms with Crippen molar-refractivity contribution in [3.8, 4) is 11.5 Å². The molecule has 0 bridgehead atoms. The van der Waals surface area contributed by atoms with E-state index in [9.17, 15) is 0 Å². The van der Waals surface area contributed by atoms with Gasteiger partial charge >= 0.3 is 0 Å². The summed E-state index contributed by atoms with van der Waals surface area (Å²) in [4.78, 5) is 2.38. The number of nitrogens with two attached hydrogens (primary N) is 1. The summed E-state index contributed by atoms with van der Waals surface area (Å²) in [6.45, 7) is 4.25. The van der Waals surface area contributed by atoms with Crippen LogP contribution in [0.25, 0.3) is 0 Å². The van der Waals surface area contributed by atoms with Gasteiger partial charge in [0.2, 0.25) is 0 Å². The predicted molar refractivity (Wildman–Crippen MR) is 78.1 cm³/mol. The van der Waals surface area contributed by atoms with Crippen molar-refractivity contribution in [2.45, 2.75) is 25.8 Å². The molecule has 1 aliphatic rings. The third-order valence-electron chi connectivity index (χ3n) is 4.03. The Morgan fingerprint density at radius 2 is 2.05 bits per heavy atom. The maximum absolute atomic E-state index is 6.15. The van der Waals surface area contributed by atoms with E-state index in [2.05, 4.69) is 17.9 Å². The minimum atomic E-state index is 0.310. The van der Waals surface area contributed by atoms with Crippen molar-refractivity contribution in [3.05, 3.63) is 18.2 Å². The molecule has 1 aliphatic heterocycles. The van der Waals surface area contributed by atoms with Crippen molar-refractivity contribution >= 4 is 5.69 Å². The maximum Gasteiger partial charge on any atom is 0.162 e. The molecule has 0 aromatic heterocycles. The van der Waals surface area contributed by atoms with Gasteiger partial charge in [-0.3, -0.25) is 0 Å². The van der Waals surface area contributed by atoms with Crippen molar-refractivity contribution in [3.63, 3.8) is 0 Å². The van der Waals surface area contributed by atoms with E-state index in [0.29, 0.717) is 12.0 Å². The lowest BCUT2D eigenvalue weighted by Crippen LogP contribution is -2.31. The van der Waals surface area contributed by atoms with E-state index in [1.54, 1.807) is 14.2 Å². The van der Waals surface area contributed by atoms with Gasteiger partial charge in [0, 0.05) is 30.9 Å². The van der Waals surface area contributed by atoms with Gasteiger partial charge in [-0.15, -0.1) is 0 Å². The lowest BCUT2D eigenvalue weighted by molar-refractivity contribution is 0.355. The number of anilines is 1. The predicted octanol–water partition coefficient (Wildman–Crippen LogP) is 2.27. The van der Waals surface area contributed by atoms with E-state index in [4.69, 9.17) is 15.2 Å². The molecule has 1 fully saturated rings. The Labute approximate surface area is 115 Å². The maximum atomic E-state index is 6.15. The van der Waals surface area contributed by atoms with E-state index >= 15 is 0 Å². The van der Waals surface area contributed by atoms with Crippen LogP contribution < -0.4 is 20.1 Å². The number of hydrogen-bond acceptors (Lipinski definition) is 4. The highest BCUT2D eigenvalue weighted by atomic mass is 16.5. The van der Waals surface area contributed by atoms with Crippen LogP contribution in [0.4, 0.5) is 5.69 Å². The number of nitrogens with zero attached hydrogens (tertiary/aromatic N) is 1. The van der Waals surface area contributed by atoms with Gasteiger partial charge in [0.15, 0.2) is 11.5 Å². The average Bonchev–Trinajstić information content (AvgIpc) is 2.95. The topological polar surface area (TPSA) is 47.7 Å². The summed E-state index contributed by atoms with van der Waals surface area (Å²) in [7, 11) is 3.32. The number of benzene rings is 1. The van der Waals surface area contributed by atoms with Gasteiger partial charge in [0.1, 0.15) is 0 Å². The van der Waals surface area contributed by atoms with E-state index in [1.807, 2.05) is 12.1 Å². The average molecular weight is 264 g/mol. The summed E-state index contributed by atoms with van der Waals surface area (Å²) in [5.41, 5.74) is 7.33. The SMILES string of the molecule is CCC(N)C1CCN(c2ccc(OC)c(OC)c2)C1. The van der Waals surface area contributed by atoms with Crippen molar-refractivity contribution in [1.29, 1.82) is 0 Å². The molecule has 1 saturated heterocycles. The Balaban J connectivity index is 2.11. The molecular formula is C15H24N2O2. The Morgan fingerprint density at radius 3 is 2.68 bits per heavy atom. The first-order chi connectivity index (χ1) is 9.19. The fraction of sp³-hybridized carbons (Fsp3) is 0.600. The third-order valence-corrected chi connectivity index (χ3v) is 4.03. The summed E-state index contributed by atoms with van der Waals surface area (Å²) in [5.74, 6) is 2.15. The quantitative estimate of drug-likeness (QED) is 0.886. The number of hydrogen-bond donors (Lipinski definition) is 1. The lowest BCUT2D eigenvalue weighted by Gasteiger charge is -2.22. The first-order valence-electron chi connectivity index (χ1n) is 6.92. The zero-order valence-electron chi connectivity index (χ0n) is 12.1. The molecule has 2 rings (SSSR count). The monoisotopic (exact) mass is 264 g/mol. The fourth-order valence-electron chi connectivity index (χ4n) is 2.73. The molecule has 0 aliphatic carbocycles. The van der Waals surface area contributed by atoms with Crippen LogP contribution in [0.1, 0.15) is 19.8 Å². The van der Waals surface area contributed by atoms with Gasteiger partial charge in [-0.2, -0.15) is 0 Å². The van der Waals surface area contributed by atoms with Crippen LogP contribution in [0, 0.1) is 5.92 Å². The van der Waals surface area contributed by atoms with Crippen LogP contribution in [0.2, 0.25) is 0 Å². The fourth-order valence-corrected chi connectivity index (χ4v) is 2.73. The molecule has 0 amide bonds. The molecule has 1 aromatic rings. The zero-order chi connectivity index (χ0) is 13.8. The highest BCUT2D eigenvalue weighted by Crippen LogP contribution is 2.34. The summed E-state index contributed by atoms with van der Waals surface area (Å²) in [5, 5.41) is 0. The van der Waals surface area contributed by atoms with Gasteiger partial charge in [-0.05, 0) is 30.9 Å². The van der Waals surface area contributed by atoms with E-state index in [-0.39, 0.29) is 0 Å². The van der Waals surface area contributed by atoms with Gasteiger partial charge in [0.05, 0.1) is 14.2 Å². The first-order valence-corrected chi connectivity index (χ1v) is 6.92. The minimum absolute atomic E-state index is 0.310. The van der Waals surface area contributed by atoms with Crippen LogP contribution in [0.3, 0.4) is 0 Å². The van der Waals surface area contributed by atoms with Crippen molar-refractivity contribution in [2.75, 3.05) is 32.2 Å². The third kappa shape index (κ3) is 2.95. The molecule has 2 N–H and O–H groups in total. The number of ether oxygens (including phenoxy) is 2. The van der Waals surface area contributed by atoms with Crippen molar-refractivity contribution in [2.24, 2.45) is 11.7 Å². The number of methoxy groups -OCH3 is 2. The highest BCUT2D eigenvalue weighted by molar-refractivity contribution is 5.57. The zero-order valence-corrected chi connectivity index (χ0v) is 12.1. The normalized spacial score (nSPS) is 20.4. The van der Waals surface area contributed by atoms with Crippen LogP contribution in [0.5, 0.6) is 11.5 Å². The highest BCUT2D eigenvalue weighted by Gasteiger charge is 2.27. The van der Waals surface area contributed by atoms with Crippen LogP contribution in [-0.4, -0.2) is 33.4 Å². The van der Waals surface area contributed by atoms with E-state index < -0.39 is 0 Å². The lowest BCUT2D eigenvalue weighted by atomic mass is 9.98. The second kappa shape index (κ2) is 6.15.